The SMILES string of the molecule is CCCC(Br)CCc1ccc(C)c(F)c1. The highest BCUT2D eigenvalue weighted by molar-refractivity contribution is 9.09. The lowest BCUT2D eigenvalue weighted by Gasteiger charge is -2.08. The van der Waals surface area contributed by atoms with Gasteiger partial charge in [-0.15, -0.1) is 0 Å². The van der Waals surface area contributed by atoms with Crippen molar-refractivity contribution in [2.24, 2.45) is 0 Å². The molecule has 0 saturated heterocycles. The highest BCUT2D eigenvalue weighted by atomic mass is 79.9. The Morgan fingerprint density at radius 1 is 1.33 bits per heavy atom. The van der Waals surface area contributed by atoms with Gasteiger partial charge in [-0.1, -0.05) is 41.4 Å². The Morgan fingerprint density at radius 3 is 2.67 bits per heavy atom. The van der Waals surface area contributed by atoms with E-state index >= 15 is 0 Å². The van der Waals surface area contributed by atoms with E-state index in [1.54, 1.807) is 13.0 Å². The first-order valence-corrected chi connectivity index (χ1v) is 6.44. The van der Waals surface area contributed by atoms with Crippen molar-refractivity contribution in [2.75, 3.05) is 0 Å². The molecule has 0 aliphatic carbocycles. The highest BCUT2D eigenvalue weighted by Crippen LogP contribution is 2.17. The van der Waals surface area contributed by atoms with Gasteiger partial charge in [0, 0.05) is 4.83 Å². The van der Waals surface area contributed by atoms with Gasteiger partial charge in [-0.3, -0.25) is 0 Å². The Balaban J connectivity index is 2.47. The van der Waals surface area contributed by atoms with Gasteiger partial charge in [0.15, 0.2) is 0 Å². The second-order valence-electron chi connectivity index (χ2n) is 4.01. The fourth-order valence-corrected chi connectivity index (χ4v) is 2.26. The summed E-state index contributed by atoms with van der Waals surface area (Å²) in [5.41, 5.74) is 1.82. The van der Waals surface area contributed by atoms with E-state index < -0.39 is 0 Å². The largest absolute Gasteiger partial charge is 0.207 e. The van der Waals surface area contributed by atoms with Gasteiger partial charge in [0.05, 0.1) is 0 Å². The molecule has 1 atom stereocenters. The second-order valence-corrected chi connectivity index (χ2v) is 5.30. The summed E-state index contributed by atoms with van der Waals surface area (Å²) in [6.07, 6.45) is 4.41. The number of alkyl halides is 1. The minimum absolute atomic E-state index is 0.0888. The lowest BCUT2D eigenvalue weighted by atomic mass is 10.0. The molecule has 0 bridgehead atoms. The van der Waals surface area contributed by atoms with Crippen LogP contribution in [0.5, 0.6) is 0 Å². The van der Waals surface area contributed by atoms with Crippen LogP contribution in [-0.2, 0) is 6.42 Å². The van der Waals surface area contributed by atoms with E-state index in [1.165, 1.54) is 12.8 Å². The van der Waals surface area contributed by atoms with Crippen LogP contribution in [0.3, 0.4) is 0 Å². The zero-order valence-electron chi connectivity index (χ0n) is 9.39. The molecule has 1 aromatic carbocycles. The van der Waals surface area contributed by atoms with Crippen LogP contribution in [0.15, 0.2) is 18.2 Å². The van der Waals surface area contributed by atoms with Gasteiger partial charge in [-0.25, -0.2) is 4.39 Å². The number of rotatable bonds is 5. The fraction of sp³-hybridized carbons (Fsp3) is 0.538. The first-order valence-electron chi connectivity index (χ1n) is 5.52. The van der Waals surface area contributed by atoms with E-state index in [0.717, 1.165) is 24.0 Å². The molecular weight excluding hydrogens is 255 g/mol. The summed E-state index contributed by atoms with van der Waals surface area (Å²) >= 11 is 3.63. The molecule has 0 aliphatic rings. The van der Waals surface area contributed by atoms with Crippen LogP contribution in [0, 0.1) is 12.7 Å². The molecule has 1 aromatic rings. The van der Waals surface area contributed by atoms with Crippen LogP contribution in [-0.4, -0.2) is 4.83 Å². The van der Waals surface area contributed by atoms with Gasteiger partial charge in [0.25, 0.3) is 0 Å². The zero-order valence-corrected chi connectivity index (χ0v) is 11.0. The molecule has 0 amide bonds. The molecule has 0 saturated carbocycles. The Bertz CT molecular complexity index is 309. The quantitative estimate of drug-likeness (QED) is 0.686. The summed E-state index contributed by atoms with van der Waals surface area (Å²) in [7, 11) is 0. The smallest absolute Gasteiger partial charge is 0.126 e. The van der Waals surface area contributed by atoms with Gasteiger partial charge in [-0.05, 0) is 43.4 Å². The van der Waals surface area contributed by atoms with Crippen molar-refractivity contribution in [3.05, 3.63) is 35.1 Å². The monoisotopic (exact) mass is 272 g/mol. The molecule has 0 nitrogen and oxygen atoms in total. The Morgan fingerprint density at radius 2 is 2.07 bits per heavy atom. The molecule has 0 spiro atoms. The third-order valence-electron chi connectivity index (χ3n) is 2.58. The molecular formula is C13H18BrF. The van der Waals surface area contributed by atoms with Crippen LogP contribution in [0.4, 0.5) is 4.39 Å². The van der Waals surface area contributed by atoms with Gasteiger partial charge in [-0.2, -0.15) is 0 Å². The van der Waals surface area contributed by atoms with Gasteiger partial charge in [0.1, 0.15) is 5.82 Å². The van der Waals surface area contributed by atoms with Crippen molar-refractivity contribution in [1.29, 1.82) is 0 Å². The number of aryl methyl sites for hydroxylation is 2. The average molecular weight is 273 g/mol. The first kappa shape index (κ1) is 12.7. The Kier molecular flexibility index (Phi) is 5.30. The maximum absolute atomic E-state index is 13.2. The van der Waals surface area contributed by atoms with Crippen LogP contribution < -0.4 is 0 Å². The second kappa shape index (κ2) is 6.26. The summed E-state index contributed by atoms with van der Waals surface area (Å²) in [6.45, 7) is 3.98. The van der Waals surface area contributed by atoms with Crippen molar-refractivity contribution in [3.63, 3.8) is 0 Å². The van der Waals surface area contributed by atoms with Crippen LogP contribution in [0.2, 0.25) is 0 Å². The molecule has 15 heavy (non-hydrogen) atoms. The molecule has 0 fully saturated rings. The van der Waals surface area contributed by atoms with Gasteiger partial charge in [0.2, 0.25) is 0 Å². The van der Waals surface area contributed by atoms with E-state index in [1.807, 2.05) is 12.1 Å². The lowest BCUT2D eigenvalue weighted by molar-refractivity contribution is 0.614. The van der Waals surface area contributed by atoms with Crippen LogP contribution in [0.25, 0.3) is 0 Å². The van der Waals surface area contributed by atoms with E-state index in [-0.39, 0.29) is 5.82 Å². The normalized spacial score (nSPS) is 12.8. The Hall–Kier alpha value is -0.370. The third-order valence-corrected chi connectivity index (χ3v) is 3.50. The van der Waals surface area contributed by atoms with E-state index in [4.69, 9.17) is 0 Å². The predicted octanol–water partition coefficient (Wildman–Crippen LogP) is 4.63. The first-order chi connectivity index (χ1) is 7.13. The molecule has 84 valence electrons. The van der Waals surface area contributed by atoms with Crippen molar-refractivity contribution in [1.82, 2.24) is 0 Å². The molecule has 0 N–H and O–H groups in total. The zero-order chi connectivity index (χ0) is 11.3. The number of halogens is 2. The molecule has 0 heterocycles. The highest BCUT2D eigenvalue weighted by Gasteiger charge is 2.04. The molecule has 0 aliphatic heterocycles. The summed E-state index contributed by atoms with van der Waals surface area (Å²) in [4.78, 5) is 0.562. The van der Waals surface area contributed by atoms with Crippen molar-refractivity contribution < 1.29 is 4.39 Å². The number of hydrogen-bond donors (Lipinski definition) is 0. The lowest BCUT2D eigenvalue weighted by Crippen LogP contribution is -2.00. The van der Waals surface area contributed by atoms with Crippen LogP contribution >= 0.6 is 15.9 Å². The van der Waals surface area contributed by atoms with E-state index in [0.29, 0.717) is 4.83 Å². The summed E-state index contributed by atoms with van der Waals surface area (Å²) < 4.78 is 13.2. The molecule has 1 unspecified atom stereocenters. The number of hydrogen-bond acceptors (Lipinski definition) is 0. The van der Waals surface area contributed by atoms with Crippen molar-refractivity contribution in [2.45, 2.75) is 44.4 Å². The minimum Gasteiger partial charge on any atom is -0.207 e. The summed E-state index contributed by atoms with van der Waals surface area (Å²) in [5, 5.41) is 0. The average Bonchev–Trinajstić information content (AvgIpc) is 2.20. The predicted molar refractivity (Wildman–Crippen MR) is 67.1 cm³/mol. The number of benzene rings is 1. The summed E-state index contributed by atoms with van der Waals surface area (Å²) in [6, 6.07) is 5.53. The maximum atomic E-state index is 13.2. The topological polar surface area (TPSA) is 0 Å². The molecule has 2 heteroatoms. The summed E-state index contributed by atoms with van der Waals surface area (Å²) in [5.74, 6) is -0.0888. The van der Waals surface area contributed by atoms with E-state index in [9.17, 15) is 4.39 Å². The van der Waals surface area contributed by atoms with Gasteiger partial charge >= 0.3 is 0 Å². The molecule has 0 radical (unpaired) electrons. The standard InChI is InChI=1S/C13H18BrF/c1-3-4-12(14)8-7-11-6-5-10(2)13(15)9-11/h5-6,9,12H,3-4,7-8H2,1-2H3. The van der Waals surface area contributed by atoms with E-state index in [2.05, 4.69) is 22.9 Å². The Labute approximate surface area is 100 Å². The van der Waals surface area contributed by atoms with Crippen LogP contribution in [0.1, 0.15) is 37.3 Å². The maximum Gasteiger partial charge on any atom is 0.126 e. The third kappa shape index (κ3) is 4.33. The van der Waals surface area contributed by atoms with Crippen molar-refractivity contribution in [3.8, 4) is 0 Å². The molecule has 1 rings (SSSR count). The minimum atomic E-state index is -0.0888. The van der Waals surface area contributed by atoms with Gasteiger partial charge < -0.3 is 0 Å². The molecule has 0 aromatic heterocycles. The van der Waals surface area contributed by atoms with Crippen molar-refractivity contribution >= 4 is 15.9 Å². The fourth-order valence-electron chi connectivity index (χ4n) is 1.57.